The summed E-state index contributed by atoms with van der Waals surface area (Å²) in [6.45, 7) is 0. The quantitative estimate of drug-likeness (QED) is 0.786. The van der Waals surface area contributed by atoms with E-state index in [-0.39, 0.29) is 5.69 Å². The molecule has 0 atom stereocenters. The number of rotatable bonds is 1. The molecule has 3 rings (SSSR count). The predicted molar refractivity (Wildman–Crippen MR) is 60.2 cm³/mol. The third kappa shape index (κ3) is 1.18. The molecule has 0 bridgehead atoms. The fraction of sp³-hybridized carbons (Fsp3) is 0.333. The zero-order valence-electron chi connectivity index (χ0n) is 8.73. The van der Waals surface area contributed by atoms with Crippen LogP contribution in [0.4, 0.5) is 0 Å². The maximum atomic E-state index is 11.8. The molecule has 0 saturated heterocycles. The Labute approximate surface area is 92.1 Å². The number of imidazole rings is 1. The van der Waals surface area contributed by atoms with Crippen molar-refractivity contribution in [3.8, 4) is 6.07 Å². The van der Waals surface area contributed by atoms with Gasteiger partial charge in [-0.05, 0) is 37.5 Å². The van der Waals surface area contributed by atoms with E-state index in [4.69, 9.17) is 5.26 Å². The summed E-state index contributed by atoms with van der Waals surface area (Å²) in [5.74, 6) is 0. The Bertz CT molecular complexity index is 640. The molecular formula is C12H11N3O. The van der Waals surface area contributed by atoms with Crippen molar-refractivity contribution >= 4 is 11.0 Å². The highest BCUT2D eigenvalue weighted by Crippen LogP contribution is 2.32. The van der Waals surface area contributed by atoms with Crippen LogP contribution in [0.1, 0.15) is 30.9 Å². The third-order valence-corrected chi connectivity index (χ3v) is 3.29. The molecule has 0 amide bonds. The Morgan fingerprint density at radius 3 is 2.88 bits per heavy atom. The fourth-order valence-electron chi connectivity index (χ4n) is 2.21. The Kier molecular flexibility index (Phi) is 1.87. The molecule has 0 unspecified atom stereocenters. The van der Waals surface area contributed by atoms with Gasteiger partial charge in [-0.1, -0.05) is 0 Å². The van der Waals surface area contributed by atoms with E-state index >= 15 is 0 Å². The molecule has 1 aromatic carbocycles. The lowest BCUT2D eigenvalue weighted by atomic mass is 9.93. The first-order valence-electron chi connectivity index (χ1n) is 5.44. The van der Waals surface area contributed by atoms with Crippen molar-refractivity contribution in [3.05, 3.63) is 34.2 Å². The summed E-state index contributed by atoms with van der Waals surface area (Å²) in [4.78, 5) is 14.6. The second-order valence-corrected chi connectivity index (χ2v) is 4.23. The van der Waals surface area contributed by atoms with E-state index in [2.05, 4.69) is 11.1 Å². The highest BCUT2D eigenvalue weighted by Gasteiger charge is 2.23. The molecule has 2 aromatic rings. The molecule has 80 valence electrons. The summed E-state index contributed by atoms with van der Waals surface area (Å²) < 4.78 is 1.82. The van der Waals surface area contributed by atoms with Gasteiger partial charge in [0.15, 0.2) is 0 Å². The topological polar surface area (TPSA) is 61.6 Å². The van der Waals surface area contributed by atoms with Crippen molar-refractivity contribution in [2.24, 2.45) is 0 Å². The lowest BCUT2D eigenvalue weighted by Gasteiger charge is -2.26. The molecule has 1 aromatic heterocycles. The molecule has 16 heavy (non-hydrogen) atoms. The molecule has 1 saturated carbocycles. The van der Waals surface area contributed by atoms with Crippen LogP contribution in [0.3, 0.4) is 0 Å². The molecule has 1 heterocycles. The number of hydrogen-bond donors (Lipinski definition) is 1. The van der Waals surface area contributed by atoms with Gasteiger partial charge in [0.1, 0.15) is 0 Å². The Morgan fingerprint density at radius 1 is 1.44 bits per heavy atom. The number of benzene rings is 1. The normalized spacial score (nSPS) is 15.9. The number of aromatic nitrogens is 2. The van der Waals surface area contributed by atoms with Crippen LogP contribution in [0.15, 0.2) is 23.0 Å². The Balaban J connectivity index is 2.25. The number of nitrogens with one attached hydrogen (secondary N) is 1. The van der Waals surface area contributed by atoms with E-state index in [0.29, 0.717) is 11.6 Å². The van der Waals surface area contributed by atoms with Gasteiger partial charge >= 0.3 is 5.69 Å². The van der Waals surface area contributed by atoms with Gasteiger partial charge in [0.25, 0.3) is 0 Å². The average molecular weight is 213 g/mol. The molecule has 4 nitrogen and oxygen atoms in total. The SMILES string of the molecule is N#Cc1ccc2c(c1)[nH]c(=O)n2C1CCC1. The lowest BCUT2D eigenvalue weighted by Crippen LogP contribution is -2.26. The summed E-state index contributed by atoms with van der Waals surface area (Å²) in [6, 6.07) is 7.75. The van der Waals surface area contributed by atoms with Crippen molar-refractivity contribution in [1.29, 1.82) is 5.26 Å². The smallest absolute Gasteiger partial charge is 0.305 e. The summed E-state index contributed by atoms with van der Waals surface area (Å²) >= 11 is 0. The molecule has 1 aliphatic rings. The van der Waals surface area contributed by atoms with Crippen molar-refractivity contribution in [2.75, 3.05) is 0 Å². The largest absolute Gasteiger partial charge is 0.326 e. The van der Waals surface area contributed by atoms with Gasteiger partial charge in [0, 0.05) is 6.04 Å². The minimum atomic E-state index is -0.0604. The molecule has 1 aliphatic carbocycles. The zero-order valence-corrected chi connectivity index (χ0v) is 8.73. The fourth-order valence-corrected chi connectivity index (χ4v) is 2.21. The van der Waals surface area contributed by atoms with Gasteiger partial charge in [0.05, 0.1) is 22.7 Å². The highest BCUT2D eigenvalue weighted by atomic mass is 16.1. The average Bonchev–Trinajstić information content (AvgIpc) is 2.53. The predicted octanol–water partition coefficient (Wildman–Crippen LogP) is 1.93. The number of aromatic amines is 1. The molecule has 1 fully saturated rings. The second kappa shape index (κ2) is 3.24. The van der Waals surface area contributed by atoms with Crippen molar-refractivity contribution in [1.82, 2.24) is 9.55 Å². The van der Waals surface area contributed by atoms with Crippen LogP contribution >= 0.6 is 0 Å². The van der Waals surface area contributed by atoms with Crippen LogP contribution in [-0.4, -0.2) is 9.55 Å². The van der Waals surface area contributed by atoms with E-state index in [1.165, 1.54) is 6.42 Å². The van der Waals surface area contributed by atoms with Crippen molar-refractivity contribution < 1.29 is 0 Å². The van der Waals surface area contributed by atoms with Crippen molar-refractivity contribution in [3.63, 3.8) is 0 Å². The minimum absolute atomic E-state index is 0.0604. The van der Waals surface area contributed by atoms with Gasteiger partial charge in [0.2, 0.25) is 0 Å². The highest BCUT2D eigenvalue weighted by molar-refractivity contribution is 5.77. The van der Waals surface area contributed by atoms with Crippen LogP contribution in [-0.2, 0) is 0 Å². The van der Waals surface area contributed by atoms with Crippen LogP contribution in [0.5, 0.6) is 0 Å². The van der Waals surface area contributed by atoms with Gasteiger partial charge in [-0.3, -0.25) is 4.57 Å². The summed E-state index contributed by atoms with van der Waals surface area (Å²) in [7, 11) is 0. The molecule has 0 radical (unpaired) electrons. The van der Waals surface area contributed by atoms with Gasteiger partial charge < -0.3 is 4.98 Å². The molecule has 1 N–H and O–H groups in total. The maximum Gasteiger partial charge on any atom is 0.326 e. The van der Waals surface area contributed by atoms with Crippen LogP contribution in [0.25, 0.3) is 11.0 Å². The summed E-state index contributed by atoms with van der Waals surface area (Å²) in [6.07, 6.45) is 3.35. The van der Waals surface area contributed by atoms with E-state index in [1.54, 1.807) is 12.1 Å². The van der Waals surface area contributed by atoms with Gasteiger partial charge in [-0.15, -0.1) is 0 Å². The maximum absolute atomic E-state index is 11.8. The number of hydrogen-bond acceptors (Lipinski definition) is 2. The van der Waals surface area contributed by atoms with Crippen LogP contribution in [0, 0.1) is 11.3 Å². The van der Waals surface area contributed by atoms with Crippen molar-refractivity contribution in [2.45, 2.75) is 25.3 Å². The van der Waals surface area contributed by atoms with E-state index in [1.807, 2.05) is 10.6 Å². The number of H-pyrrole nitrogens is 1. The number of fused-ring (bicyclic) bond motifs is 1. The summed E-state index contributed by atoms with van der Waals surface area (Å²) in [5.41, 5.74) is 2.19. The molecule has 4 heteroatoms. The number of nitriles is 1. The molecule has 0 aliphatic heterocycles. The van der Waals surface area contributed by atoms with E-state index < -0.39 is 0 Å². The monoisotopic (exact) mass is 213 g/mol. The molecule has 0 spiro atoms. The third-order valence-electron chi connectivity index (χ3n) is 3.29. The van der Waals surface area contributed by atoms with E-state index in [0.717, 1.165) is 23.9 Å². The first-order valence-corrected chi connectivity index (χ1v) is 5.44. The zero-order chi connectivity index (χ0) is 11.1. The molecular weight excluding hydrogens is 202 g/mol. The van der Waals surface area contributed by atoms with Gasteiger partial charge in [-0.25, -0.2) is 4.79 Å². The standard InChI is InChI=1S/C12H11N3O/c13-7-8-4-5-11-10(6-8)14-12(16)15(11)9-2-1-3-9/h4-6,9H,1-3H2,(H,14,16). The first-order chi connectivity index (χ1) is 7.79. The number of nitrogens with zero attached hydrogens (tertiary/aromatic N) is 2. The Morgan fingerprint density at radius 2 is 2.25 bits per heavy atom. The Hall–Kier alpha value is -2.02. The van der Waals surface area contributed by atoms with E-state index in [9.17, 15) is 4.79 Å². The lowest BCUT2D eigenvalue weighted by molar-refractivity contribution is 0.314. The minimum Gasteiger partial charge on any atom is -0.305 e. The van der Waals surface area contributed by atoms with Crippen LogP contribution < -0.4 is 5.69 Å². The van der Waals surface area contributed by atoms with Gasteiger partial charge in [-0.2, -0.15) is 5.26 Å². The second-order valence-electron chi connectivity index (χ2n) is 4.23. The summed E-state index contributed by atoms with van der Waals surface area (Å²) in [5, 5.41) is 8.79. The first kappa shape index (κ1) is 9.22. The van der Waals surface area contributed by atoms with Crippen LogP contribution in [0.2, 0.25) is 0 Å².